The van der Waals surface area contributed by atoms with Crippen molar-refractivity contribution < 1.29 is 14.3 Å². The monoisotopic (exact) mass is 423 g/mol. The number of hydrogen-bond acceptors (Lipinski definition) is 3. The largest absolute Gasteiger partial charge is 0.453 e. The molecule has 0 spiro atoms. The highest BCUT2D eigenvalue weighted by Crippen LogP contribution is 2.41. The first-order valence-electron chi connectivity index (χ1n) is 12.1. The van der Waals surface area contributed by atoms with E-state index in [9.17, 15) is 4.79 Å². The summed E-state index contributed by atoms with van der Waals surface area (Å²) in [6.07, 6.45) is 8.86. The Morgan fingerprint density at radius 2 is 1.83 bits per heavy atom. The van der Waals surface area contributed by atoms with Gasteiger partial charge in [-0.15, -0.1) is 0 Å². The minimum Gasteiger partial charge on any atom is -0.453 e. The molecule has 0 saturated heterocycles. The molecule has 4 nitrogen and oxygen atoms in total. The molecule has 0 heterocycles. The van der Waals surface area contributed by atoms with Crippen molar-refractivity contribution >= 4 is 6.09 Å². The van der Waals surface area contributed by atoms with Gasteiger partial charge in [0.2, 0.25) is 0 Å². The molecule has 0 aromatic heterocycles. The van der Waals surface area contributed by atoms with Gasteiger partial charge in [0.15, 0.2) is 0 Å². The lowest BCUT2D eigenvalue weighted by molar-refractivity contribution is -0.127. The van der Waals surface area contributed by atoms with Crippen molar-refractivity contribution in [2.75, 3.05) is 13.7 Å². The molecule has 5 atom stereocenters. The van der Waals surface area contributed by atoms with Crippen LogP contribution in [-0.2, 0) is 9.47 Å². The van der Waals surface area contributed by atoms with Gasteiger partial charge in [-0.2, -0.15) is 0 Å². The van der Waals surface area contributed by atoms with Gasteiger partial charge in [-0.05, 0) is 62.7 Å². The molecular weight excluding hydrogens is 374 g/mol. The van der Waals surface area contributed by atoms with Crippen LogP contribution in [0, 0.1) is 16.7 Å². The van der Waals surface area contributed by atoms with E-state index in [0.29, 0.717) is 6.54 Å². The molecule has 30 heavy (non-hydrogen) atoms. The molecule has 0 aliphatic heterocycles. The van der Waals surface area contributed by atoms with Gasteiger partial charge in [-0.3, -0.25) is 0 Å². The summed E-state index contributed by atoms with van der Waals surface area (Å²) < 4.78 is 11.9. The maximum atomic E-state index is 12.8. The van der Waals surface area contributed by atoms with Crippen LogP contribution in [0.1, 0.15) is 101 Å². The van der Waals surface area contributed by atoms with Gasteiger partial charge < -0.3 is 14.4 Å². The zero-order valence-electron chi connectivity index (χ0n) is 21.5. The Morgan fingerprint density at radius 3 is 2.33 bits per heavy atom. The second-order valence-corrected chi connectivity index (χ2v) is 10.8. The SMILES string of the molecule is CCC(OC(C)C(C)(C)C)C(C)(CC)C(C)CN(C(=O)OC)C1C=C(C)CCCC1. The minimum atomic E-state index is -0.215. The van der Waals surface area contributed by atoms with Gasteiger partial charge in [-0.25, -0.2) is 4.79 Å². The number of amides is 1. The second-order valence-electron chi connectivity index (χ2n) is 10.8. The lowest BCUT2D eigenvalue weighted by Gasteiger charge is -2.46. The van der Waals surface area contributed by atoms with Crippen LogP contribution in [0.5, 0.6) is 0 Å². The van der Waals surface area contributed by atoms with E-state index in [-0.39, 0.29) is 41.1 Å². The van der Waals surface area contributed by atoms with Gasteiger partial charge in [-0.1, -0.05) is 66.5 Å². The minimum absolute atomic E-state index is 0.0238. The normalized spacial score (nSPS) is 22.9. The van der Waals surface area contributed by atoms with Gasteiger partial charge >= 0.3 is 6.09 Å². The van der Waals surface area contributed by atoms with Gasteiger partial charge in [0.1, 0.15) is 0 Å². The lowest BCUT2D eigenvalue weighted by atomic mass is 9.70. The third kappa shape index (κ3) is 7.00. The molecule has 0 bridgehead atoms. The van der Waals surface area contributed by atoms with Crippen molar-refractivity contribution in [3.8, 4) is 0 Å². The van der Waals surface area contributed by atoms with Gasteiger partial charge in [0.25, 0.3) is 0 Å². The maximum Gasteiger partial charge on any atom is 0.409 e. The number of carbonyl (C=O) groups is 1. The molecule has 5 unspecified atom stereocenters. The van der Waals surface area contributed by atoms with E-state index in [0.717, 1.165) is 32.1 Å². The predicted molar refractivity (Wildman–Crippen MR) is 127 cm³/mol. The zero-order chi connectivity index (χ0) is 23.1. The quantitative estimate of drug-likeness (QED) is 0.367. The Bertz CT molecular complexity index is 565. The first-order valence-corrected chi connectivity index (χ1v) is 12.1. The molecule has 0 aromatic rings. The average Bonchev–Trinajstić information content (AvgIpc) is 2.91. The number of carbonyl (C=O) groups excluding carboxylic acids is 1. The predicted octanol–water partition coefficient (Wildman–Crippen LogP) is 7.23. The fraction of sp³-hybridized carbons (Fsp3) is 0.885. The van der Waals surface area contributed by atoms with Crippen LogP contribution < -0.4 is 0 Å². The lowest BCUT2D eigenvalue weighted by Crippen LogP contribution is -2.49. The topological polar surface area (TPSA) is 38.8 Å². The molecule has 1 aliphatic carbocycles. The highest BCUT2D eigenvalue weighted by molar-refractivity contribution is 5.68. The van der Waals surface area contributed by atoms with Gasteiger partial charge in [0, 0.05) is 6.54 Å². The third-order valence-corrected chi connectivity index (χ3v) is 7.66. The summed E-state index contributed by atoms with van der Waals surface area (Å²) in [5.74, 6) is 0.288. The first kappa shape index (κ1) is 27.0. The third-order valence-electron chi connectivity index (χ3n) is 7.66. The van der Waals surface area contributed by atoms with Crippen molar-refractivity contribution in [2.45, 2.75) is 119 Å². The van der Waals surface area contributed by atoms with E-state index in [4.69, 9.17) is 9.47 Å². The molecule has 0 aromatic carbocycles. The smallest absolute Gasteiger partial charge is 0.409 e. The first-order chi connectivity index (χ1) is 13.9. The summed E-state index contributed by atoms with van der Waals surface area (Å²) in [6.45, 7) is 20.8. The maximum absolute atomic E-state index is 12.8. The van der Waals surface area contributed by atoms with Crippen LogP contribution in [0.3, 0.4) is 0 Å². The summed E-state index contributed by atoms with van der Waals surface area (Å²) in [4.78, 5) is 14.7. The van der Waals surface area contributed by atoms with Crippen molar-refractivity contribution in [3.05, 3.63) is 11.6 Å². The molecule has 0 N–H and O–H groups in total. The van der Waals surface area contributed by atoms with E-state index in [1.54, 1.807) is 0 Å². The number of methoxy groups -OCH3 is 1. The zero-order valence-corrected chi connectivity index (χ0v) is 21.5. The van der Waals surface area contributed by atoms with Crippen molar-refractivity contribution in [1.29, 1.82) is 0 Å². The summed E-state index contributed by atoms with van der Waals surface area (Å²) in [5, 5.41) is 0. The Kier molecular flexibility index (Phi) is 10.4. The van der Waals surface area contributed by atoms with Crippen LogP contribution >= 0.6 is 0 Å². The van der Waals surface area contributed by atoms with Crippen LogP contribution in [0.25, 0.3) is 0 Å². The molecule has 1 rings (SSSR count). The van der Waals surface area contributed by atoms with Crippen LogP contribution in [0.2, 0.25) is 0 Å². The Hall–Kier alpha value is -1.03. The van der Waals surface area contributed by atoms with Crippen molar-refractivity contribution in [3.63, 3.8) is 0 Å². The molecule has 1 amide bonds. The van der Waals surface area contributed by atoms with E-state index in [1.165, 1.54) is 19.1 Å². The summed E-state index contributed by atoms with van der Waals surface area (Å²) >= 11 is 0. The standard InChI is InChI=1S/C26H49NO3/c1-11-23(30-21(5)25(6,7)8)26(9,12-2)20(4)18-27(24(28)29-10)22-16-14-13-15-19(3)17-22/h17,20-23H,11-16,18H2,1-10H3. The Morgan fingerprint density at radius 1 is 1.20 bits per heavy atom. The fourth-order valence-corrected chi connectivity index (χ4v) is 4.53. The second kappa shape index (κ2) is 11.5. The summed E-state index contributed by atoms with van der Waals surface area (Å²) in [6, 6.07) is 0.123. The number of hydrogen-bond donors (Lipinski definition) is 0. The molecular formula is C26H49NO3. The highest BCUT2D eigenvalue weighted by Gasteiger charge is 2.41. The molecule has 0 saturated carbocycles. The average molecular weight is 424 g/mol. The number of rotatable bonds is 9. The number of nitrogens with zero attached hydrogens (tertiary/aromatic N) is 1. The fourth-order valence-electron chi connectivity index (χ4n) is 4.53. The van der Waals surface area contributed by atoms with Gasteiger partial charge in [0.05, 0.1) is 25.4 Å². The van der Waals surface area contributed by atoms with E-state index in [2.05, 4.69) is 68.4 Å². The number of allylic oxidation sites excluding steroid dienone is 1. The Balaban J connectivity index is 3.11. The van der Waals surface area contributed by atoms with Crippen molar-refractivity contribution in [1.82, 2.24) is 4.90 Å². The van der Waals surface area contributed by atoms with E-state index < -0.39 is 0 Å². The van der Waals surface area contributed by atoms with E-state index in [1.807, 2.05) is 4.90 Å². The summed E-state index contributed by atoms with van der Waals surface area (Å²) in [7, 11) is 1.50. The van der Waals surface area contributed by atoms with E-state index >= 15 is 0 Å². The highest BCUT2D eigenvalue weighted by atomic mass is 16.5. The molecule has 4 heteroatoms. The molecule has 0 radical (unpaired) electrons. The van der Waals surface area contributed by atoms with Crippen LogP contribution in [0.15, 0.2) is 11.6 Å². The molecule has 176 valence electrons. The molecule has 0 fully saturated rings. The van der Waals surface area contributed by atoms with Crippen LogP contribution in [0.4, 0.5) is 4.79 Å². The summed E-state index contributed by atoms with van der Waals surface area (Å²) in [5.41, 5.74) is 1.46. The Labute approximate surface area is 186 Å². The molecule has 1 aliphatic rings. The van der Waals surface area contributed by atoms with Crippen molar-refractivity contribution in [2.24, 2.45) is 16.7 Å². The number of ether oxygens (including phenoxy) is 2. The van der Waals surface area contributed by atoms with Crippen LogP contribution in [-0.4, -0.2) is 42.9 Å².